The fourth-order valence-electron chi connectivity index (χ4n) is 1.79. The minimum Gasteiger partial charge on any atom is -0.480 e. The van der Waals surface area contributed by atoms with Gasteiger partial charge in [0.1, 0.15) is 11.7 Å². The van der Waals surface area contributed by atoms with Crippen molar-refractivity contribution in [3.05, 3.63) is 40.4 Å². The van der Waals surface area contributed by atoms with Crippen molar-refractivity contribution in [2.24, 2.45) is 0 Å². The van der Waals surface area contributed by atoms with Crippen LogP contribution in [0.25, 0.3) is 10.2 Å². The SMILES string of the molecule is C=CCC(Nc1ccc2scnc2c1[N+](=O)[O-])C(=O)O. The van der Waals surface area contributed by atoms with Crippen LogP contribution in [0.5, 0.6) is 0 Å². The largest absolute Gasteiger partial charge is 0.480 e. The van der Waals surface area contributed by atoms with Crippen molar-refractivity contribution in [3.8, 4) is 0 Å². The first kappa shape index (κ1) is 13.9. The molecule has 8 heteroatoms. The van der Waals surface area contributed by atoms with Gasteiger partial charge >= 0.3 is 11.7 Å². The Balaban J connectivity index is 2.47. The first-order valence-corrected chi connectivity index (χ1v) is 6.53. The van der Waals surface area contributed by atoms with Crippen LogP contribution in [-0.2, 0) is 4.79 Å². The minimum absolute atomic E-state index is 0.141. The molecule has 0 saturated heterocycles. The van der Waals surface area contributed by atoms with E-state index in [-0.39, 0.29) is 23.3 Å². The van der Waals surface area contributed by atoms with Crippen LogP contribution in [0.15, 0.2) is 30.3 Å². The summed E-state index contributed by atoms with van der Waals surface area (Å²) < 4.78 is 0.679. The number of carbonyl (C=O) groups is 1. The molecule has 2 aromatic rings. The van der Waals surface area contributed by atoms with Gasteiger partial charge in [-0.25, -0.2) is 9.78 Å². The lowest BCUT2D eigenvalue weighted by Gasteiger charge is -2.14. The Bertz CT molecular complexity index is 682. The summed E-state index contributed by atoms with van der Waals surface area (Å²) in [5.41, 5.74) is 1.70. The van der Waals surface area contributed by atoms with Gasteiger partial charge in [0, 0.05) is 0 Å². The van der Waals surface area contributed by atoms with Gasteiger partial charge in [0.25, 0.3) is 0 Å². The van der Waals surface area contributed by atoms with E-state index in [2.05, 4.69) is 16.9 Å². The van der Waals surface area contributed by atoms with E-state index in [4.69, 9.17) is 5.11 Å². The number of carboxylic acid groups (broad SMARTS) is 1. The van der Waals surface area contributed by atoms with Crippen molar-refractivity contribution in [3.63, 3.8) is 0 Å². The second-order valence-corrected chi connectivity index (χ2v) is 4.86. The average Bonchev–Trinajstić information content (AvgIpc) is 2.85. The molecule has 104 valence electrons. The smallest absolute Gasteiger partial charge is 0.326 e. The van der Waals surface area contributed by atoms with Gasteiger partial charge in [-0.1, -0.05) is 6.08 Å². The van der Waals surface area contributed by atoms with Crippen LogP contribution in [0.2, 0.25) is 0 Å². The van der Waals surface area contributed by atoms with E-state index in [9.17, 15) is 14.9 Å². The van der Waals surface area contributed by atoms with Gasteiger partial charge in [-0.15, -0.1) is 17.9 Å². The number of aromatic nitrogens is 1. The highest BCUT2D eigenvalue weighted by Crippen LogP contribution is 2.34. The summed E-state index contributed by atoms with van der Waals surface area (Å²) in [5.74, 6) is -1.10. The molecule has 2 N–H and O–H groups in total. The number of carboxylic acids is 1. The summed E-state index contributed by atoms with van der Waals surface area (Å²) in [6.07, 6.45) is 1.60. The molecule has 0 aliphatic rings. The molecule has 1 aromatic heterocycles. The molecule has 1 atom stereocenters. The van der Waals surface area contributed by atoms with Crippen LogP contribution in [0.3, 0.4) is 0 Å². The monoisotopic (exact) mass is 293 g/mol. The van der Waals surface area contributed by atoms with Gasteiger partial charge < -0.3 is 10.4 Å². The van der Waals surface area contributed by atoms with E-state index in [1.165, 1.54) is 29.0 Å². The number of fused-ring (bicyclic) bond motifs is 1. The Morgan fingerprint density at radius 1 is 1.65 bits per heavy atom. The molecule has 0 bridgehead atoms. The summed E-state index contributed by atoms with van der Waals surface area (Å²) in [6, 6.07) is 2.20. The summed E-state index contributed by atoms with van der Waals surface area (Å²) in [5, 5.41) is 22.9. The molecule has 1 aromatic carbocycles. The van der Waals surface area contributed by atoms with E-state index >= 15 is 0 Å². The van der Waals surface area contributed by atoms with E-state index in [1.54, 1.807) is 6.07 Å². The number of aliphatic carboxylic acids is 1. The van der Waals surface area contributed by atoms with Gasteiger partial charge in [0.05, 0.1) is 15.1 Å². The van der Waals surface area contributed by atoms with Crippen LogP contribution in [0.1, 0.15) is 6.42 Å². The first-order chi connectivity index (χ1) is 9.54. The van der Waals surface area contributed by atoms with E-state index in [1.807, 2.05) is 0 Å². The average molecular weight is 293 g/mol. The third-order valence-electron chi connectivity index (χ3n) is 2.69. The number of hydrogen-bond donors (Lipinski definition) is 2. The second-order valence-electron chi connectivity index (χ2n) is 3.98. The quantitative estimate of drug-likeness (QED) is 0.482. The third-order valence-corrected chi connectivity index (χ3v) is 3.48. The molecule has 0 radical (unpaired) electrons. The van der Waals surface area contributed by atoms with E-state index < -0.39 is 16.9 Å². The molecule has 7 nitrogen and oxygen atoms in total. The molecule has 0 aliphatic heterocycles. The van der Waals surface area contributed by atoms with Gasteiger partial charge in [-0.05, 0) is 18.6 Å². The van der Waals surface area contributed by atoms with E-state index in [0.717, 1.165) is 0 Å². The number of nitrogens with zero attached hydrogens (tertiary/aromatic N) is 2. The molecule has 20 heavy (non-hydrogen) atoms. The number of benzene rings is 1. The number of hydrogen-bond acceptors (Lipinski definition) is 6. The minimum atomic E-state index is -1.10. The molecule has 1 heterocycles. The van der Waals surface area contributed by atoms with Crippen molar-refractivity contribution in [1.82, 2.24) is 4.98 Å². The molecular weight excluding hydrogens is 282 g/mol. The fraction of sp³-hybridized carbons (Fsp3) is 0.167. The number of nitrogens with one attached hydrogen (secondary N) is 1. The molecule has 0 aliphatic carbocycles. The van der Waals surface area contributed by atoms with Crippen molar-refractivity contribution in [2.75, 3.05) is 5.32 Å². The summed E-state index contributed by atoms with van der Waals surface area (Å²) in [4.78, 5) is 25.7. The van der Waals surface area contributed by atoms with Crippen LogP contribution >= 0.6 is 11.3 Å². The van der Waals surface area contributed by atoms with E-state index in [0.29, 0.717) is 4.70 Å². The topological polar surface area (TPSA) is 105 Å². The number of rotatable bonds is 6. The number of anilines is 1. The molecular formula is C12H11N3O4S. The lowest BCUT2D eigenvalue weighted by atomic mass is 10.1. The summed E-state index contributed by atoms with van der Waals surface area (Å²) in [7, 11) is 0. The van der Waals surface area contributed by atoms with Crippen LogP contribution in [0.4, 0.5) is 11.4 Å². The lowest BCUT2D eigenvalue weighted by molar-refractivity contribution is -0.382. The zero-order valence-corrected chi connectivity index (χ0v) is 11.1. The highest BCUT2D eigenvalue weighted by atomic mass is 32.1. The Kier molecular flexibility index (Phi) is 3.94. The zero-order chi connectivity index (χ0) is 14.7. The lowest BCUT2D eigenvalue weighted by Crippen LogP contribution is -2.28. The zero-order valence-electron chi connectivity index (χ0n) is 10.3. The molecule has 0 spiro atoms. The normalized spacial score (nSPS) is 12.0. The van der Waals surface area contributed by atoms with Gasteiger partial charge in [-0.3, -0.25) is 10.1 Å². The highest BCUT2D eigenvalue weighted by molar-refractivity contribution is 7.16. The number of nitro benzene ring substituents is 1. The highest BCUT2D eigenvalue weighted by Gasteiger charge is 2.24. The Hall–Kier alpha value is -2.48. The Labute approximate surface area is 117 Å². The van der Waals surface area contributed by atoms with Crippen LogP contribution < -0.4 is 5.32 Å². The van der Waals surface area contributed by atoms with Crippen molar-refractivity contribution < 1.29 is 14.8 Å². The number of thiazole rings is 1. The molecule has 0 amide bonds. The third kappa shape index (κ3) is 2.59. The fourth-order valence-corrected chi connectivity index (χ4v) is 2.47. The second kappa shape index (κ2) is 5.66. The van der Waals surface area contributed by atoms with Gasteiger partial charge in [0.2, 0.25) is 0 Å². The maximum absolute atomic E-state index is 11.2. The van der Waals surface area contributed by atoms with Crippen molar-refractivity contribution in [1.29, 1.82) is 0 Å². The predicted octanol–water partition coefficient (Wildman–Crippen LogP) is 2.65. The Morgan fingerprint density at radius 2 is 2.40 bits per heavy atom. The summed E-state index contributed by atoms with van der Waals surface area (Å²) >= 11 is 1.29. The molecule has 0 saturated carbocycles. The van der Waals surface area contributed by atoms with Crippen LogP contribution in [-0.4, -0.2) is 27.0 Å². The molecule has 1 unspecified atom stereocenters. The van der Waals surface area contributed by atoms with Crippen LogP contribution in [0, 0.1) is 10.1 Å². The molecule has 0 fully saturated rings. The maximum Gasteiger partial charge on any atom is 0.326 e. The molecule has 2 rings (SSSR count). The van der Waals surface area contributed by atoms with Crippen molar-refractivity contribution >= 4 is 38.9 Å². The predicted molar refractivity (Wildman–Crippen MR) is 76.1 cm³/mol. The van der Waals surface area contributed by atoms with Gasteiger partial charge in [-0.2, -0.15) is 0 Å². The maximum atomic E-state index is 11.2. The summed E-state index contributed by atoms with van der Waals surface area (Å²) in [6.45, 7) is 3.48. The number of nitro groups is 1. The standard InChI is InChI=1S/C12H11N3O4S/c1-2-3-8(12(16)17)14-7-4-5-9-10(13-6-20-9)11(7)15(18)19/h2,4-6,8,14H,1,3H2,(H,16,17). The van der Waals surface area contributed by atoms with Crippen molar-refractivity contribution in [2.45, 2.75) is 12.5 Å². The Morgan fingerprint density at radius 3 is 3.00 bits per heavy atom. The van der Waals surface area contributed by atoms with Gasteiger partial charge in [0.15, 0.2) is 5.52 Å². The first-order valence-electron chi connectivity index (χ1n) is 5.65.